The van der Waals surface area contributed by atoms with Crippen LogP contribution in [0.2, 0.25) is 0 Å². The molecular formula is C61H35N7O4. The van der Waals surface area contributed by atoms with Gasteiger partial charge in [-0.15, -0.1) is 0 Å². The van der Waals surface area contributed by atoms with Crippen LogP contribution in [0.3, 0.4) is 0 Å². The van der Waals surface area contributed by atoms with Crippen molar-refractivity contribution in [2.45, 2.75) is 0 Å². The molecule has 10 aromatic rings. The summed E-state index contributed by atoms with van der Waals surface area (Å²) in [7, 11) is 0. The molecule has 0 fully saturated rings. The number of nitriles is 2. The molecule has 1 heterocycles. The predicted molar refractivity (Wildman–Crippen MR) is 275 cm³/mol. The number of nitrogens with zero attached hydrogens (tertiary/aromatic N) is 7. The van der Waals surface area contributed by atoms with Gasteiger partial charge in [-0.05, 0) is 150 Å². The van der Waals surface area contributed by atoms with Gasteiger partial charge in [0.05, 0.1) is 24.3 Å². The predicted octanol–water partition coefficient (Wildman–Crippen LogP) is 16.2. The van der Waals surface area contributed by atoms with Gasteiger partial charge in [0.1, 0.15) is 58.1 Å². The van der Waals surface area contributed by atoms with Crippen molar-refractivity contribution in [1.29, 1.82) is 10.5 Å². The van der Waals surface area contributed by atoms with E-state index in [4.69, 9.17) is 47.0 Å². The second-order valence-corrected chi connectivity index (χ2v) is 16.0. The molecule has 0 aliphatic heterocycles. The molecule has 11 nitrogen and oxygen atoms in total. The Hall–Kier alpha value is -10.9. The number of hydrogen-bond acceptors (Lipinski definition) is 9. The van der Waals surface area contributed by atoms with Crippen molar-refractivity contribution in [1.82, 2.24) is 15.0 Å². The van der Waals surface area contributed by atoms with Crippen LogP contribution in [0.1, 0.15) is 11.1 Å². The van der Waals surface area contributed by atoms with Crippen molar-refractivity contribution >= 4 is 11.4 Å². The molecule has 0 radical (unpaired) electrons. The van der Waals surface area contributed by atoms with Gasteiger partial charge in [-0.3, -0.25) is 4.85 Å². The monoisotopic (exact) mass is 929 g/mol. The maximum atomic E-state index is 9.35. The summed E-state index contributed by atoms with van der Waals surface area (Å²) in [5.41, 5.74) is 7.56. The van der Waals surface area contributed by atoms with E-state index < -0.39 is 0 Å². The molecule has 0 aliphatic rings. The largest absolute Gasteiger partial charge is 0.459 e. The highest BCUT2D eigenvalue weighted by atomic mass is 16.5. The van der Waals surface area contributed by atoms with Crippen molar-refractivity contribution in [3.63, 3.8) is 0 Å². The van der Waals surface area contributed by atoms with Gasteiger partial charge in [0.15, 0.2) is 28.8 Å². The standard InChI is InChI=1S/C61H35N7O4/c1-64-57-35-34-56(37-58(57)65-2)72-54-27-14-43(15-28-54)41-10-23-50(24-11-41)70-52-31-18-46(19-32-52)61-67-59(44-6-4-3-5-7-44)66-60(68-61)45-16-29-51(30-17-45)69-49-21-8-40(9-22-49)42-12-25-53(26-13-42)71-55-33-20-47(38-62)48(36-55)39-63/h3-37H. The van der Waals surface area contributed by atoms with Gasteiger partial charge in [-0.1, -0.05) is 84.9 Å². The van der Waals surface area contributed by atoms with E-state index in [2.05, 4.69) is 9.69 Å². The summed E-state index contributed by atoms with van der Waals surface area (Å²) >= 11 is 0. The van der Waals surface area contributed by atoms with E-state index in [0.717, 1.165) is 38.9 Å². The van der Waals surface area contributed by atoms with E-state index >= 15 is 0 Å². The van der Waals surface area contributed by atoms with Crippen molar-refractivity contribution in [3.05, 3.63) is 246 Å². The zero-order valence-corrected chi connectivity index (χ0v) is 38.0. The molecule has 0 spiro atoms. The summed E-state index contributed by atoms with van der Waals surface area (Å²) in [6.45, 7) is 14.6. The fraction of sp³-hybridized carbons (Fsp3) is 0. The maximum Gasteiger partial charge on any atom is 0.198 e. The third kappa shape index (κ3) is 10.3. The molecule has 0 atom stereocenters. The lowest BCUT2D eigenvalue weighted by Gasteiger charge is -2.11. The molecule has 0 unspecified atom stereocenters. The van der Waals surface area contributed by atoms with Crippen LogP contribution in [0.25, 0.3) is 66.1 Å². The average Bonchev–Trinajstić information content (AvgIpc) is 3.44. The third-order valence-electron chi connectivity index (χ3n) is 11.3. The van der Waals surface area contributed by atoms with Gasteiger partial charge in [-0.25, -0.2) is 19.8 Å². The minimum atomic E-state index is 0.259. The highest BCUT2D eigenvalue weighted by Gasteiger charge is 2.14. The highest BCUT2D eigenvalue weighted by molar-refractivity contribution is 5.73. The van der Waals surface area contributed by atoms with E-state index in [1.807, 2.05) is 188 Å². The molecular weight excluding hydrogens is 895 g/mol. The molecule has 0 N–H and O–H groups in total. The summed E-state index contributed by atoms with van der Waals surface area (Å²) < 4.78 is 24.3. The van der Waals surface area contributed by atoms with Gasteiger partial charge in [0, 0.05) is 16.7 Å². The fourth-order valence-corrected chi connectivity index (χ4v) is 7.63. The summed E-state index contributed by atoms with van der Waals surface area (Å²) in [5, 5.41) is 18.6. The molecule has 0 aliphatic carbocycles. The number of ether oxygens (including phenoxy) is 4. The lowest BCUT2D eigenvalue weighted by atomic mass is 10.1. The summed E-state index contributed by atoms with van der Waals surface area (Å²) in [6.07, 6.45) is 0. The molecule has 10 rings (SSSR count). The van der Waals surface area contributed by atoms with E-state index in [9.17, 15) is 10.5 Å². The zero-order valence-electron chi connectivity index (χ0n) is 38.0. The molecule has 11 heteroatoms. The first-order valence-corrected chi connectivity index (χ1v) is 22.4. The smallest absolute Gasteiger partial charge is 0.198 e. The SMILES string of the molecule is [C-]#[N+]c1ccc(Oc2ccc(-c3ccc(Oc4ccc(-c5nc(-c6ccccc6)nc(-c6ccc(Oc7ccc(-c8ccc(Oc9ccc(C#N)c(C#N)c9)cc8)cc7)cc6)n5)cc4)cc3)cc2)cc1[N+]#[C-]. The molecule has 0 saturated heterocycles. The van der Waals surface area contributed by atoms with Crippen LogP contribution in [0, 0.1) is 35.8 Å². The van der Waals surface area contributed by atoms with Crippen molar-refractivity contribution < 1.29 is 18.9 Å². The Morgan fingerprint density at radius 2 is 0.611 bits per heavy atom. The van der Waals surface area contributed by atoms with E-state index in [1.54, 1.807) is 36.4 Å². The van der Waals surface area contributed by atoms with Crippen LogP contribution < -0.4 is 18.9 Å². The lowest BCUT2D eigenvalue weighted by Crippen LogP contribution is -2.00. The van der Waals surface area contributed by atoms with Gasteiger partial charge >= 0.3 is 0 Å². The van der Waals surface area contributed by atoms with Gasteiger partial charge in [0.25, 0.3) is 0 Å². The summed E-state index contributed by atoms with van der Waals surface area (Å²) in [5.74, 6) is 6.43. The first-order valence-electron chi connectivity index (χ1n) is 22.4. The summed E-state index contributed by atoms with van der Waals surface area (Å²) in [6, 6.07) is 69.7. The molecule has 338 valence electrons. The highest BCUT2D eigenvalue weighted by Crippen LogP contribution is 2.36. The summed E-state index contributed by atoms with van der Waals surface area (Å²) in [4.78, 5) is 21.5. The van der Waals surface area contributed by atoms with Crippen LogP contribution in [-0.4, -0.2) is 15.0 Å². The van der Waals surface area contributed by atoms with Crippen molar-refractivity contribution in [3.8, 4) is 115 Å². The second kappa shape index (κ2) is 20.6. The molecule has 0 saturated carbocycles. The van der Waals surface area contributed by atoms with Crippen LogP contribution in [0.15, 0.2) is 212 Å². The van der Waals surface area contributed by atoms with Crippen LogP contribution in [0.5, 0.6) is 46.0 Å². The number of hydrogen-bond donors (Lipinski definition) is 0. The van der Waals surface area contributed by atoms with Crippen LogP contribution >= 0.6 is 0 Å². The minimum absolute atomic E-state index is 0.259. The fourth-order valence-electron chi connectivity index (χ4n) is 7.63. The Morgan fingerprint density at radius 3 is 0.972 bits per heavy atom. The van der Waals surface area contributed by atoms with E-state index in [-0.39, 0.29) is 11.3 Å². The minimum Gasteiger partial charge on any atom is -0.459 e. The van der Waals surface area contributed by atoms with Crippen LogP contribution in [-0.2, 0) is 0 Å². The Balaban J connectivity index is 0.788. The molecule has 9 aromatic carbocycles. The van der Waals surface area contributed by atoms with Crippen molar-refractivity contribution in [2.75, 3.05) is 0 Å². The average molecular weight is 930 g/mol. The van der Waals surface area contributed by atoms with Gasteiger partial charge in [-0.2, -0.15) is 10.5 Å². The normalized spacial score (nSPS) is 10.4. The Kier molecular flexibility index (Phi) is 12.8. The zero-order chi connectivity index (χ0) is 49.2. The quantitative estimate of drug-likeness (QED) is 0.104. The Bertz CT molecular complexity index is 3520. The van der Waals surface area contributed by atoms with Gasteiger partial charge in [0.2, 0.25) is 0 Å². The Morgan fingerprint density at radius 1 is 0.306 bits per heavy atom. The molecule has 0 bridgehead atoms. The molecule has 1 aromatic heterocycles. The third-order valence-corrected chi connectivity index (χ3v) is 11.3. The topological polar surface area (TPSA) is 132 Å². The number of rotatable bonds is 13. The first-order chi connectivity index (χ1) is 35.4. The van der Waals surface area contributed by atoms with E-state index in [0.29, 0.717) is 74.7 Å². The number of benzene rings is 9. The molecule has 72 heavy (non-hydrogen) atoms. The van der Waals surface area contributed by atoms with E-state index in [1.165, 1.54) is 0 Å². The first kappa shape index (κ1) is 45.0. The lowest BCUT2D eigenvalue weighted by molar-refractivity contribution is 0.482. The Labute approximate surface area is 415 Å². The number of aromatic nitrogens is 3. The maximum absolute atomic E-state index is 9.35. The second-order valence-electron chi connectivity index (χ2n) is 16.0. The van der Waals surface area contributed by atoms with Crippen LogP contribution in [0.4, 0.5) is 11.4 Å². The molecule has 0 amide bonds. The van der Waals surface area contributed by atoms with Crippen molar-refractivity contribution in [2.24, 2.45) is 0 Å². The van der Waals surface area contributed by atoms with Gasteiger partial charge < -0.3 is 18.9 Å².